The minimum Gasteiger partial charge on any atom is -0.497 e. The Bertz CT molecular complexity index is 1060. The number of nitrogens with zero attached hydrogens (tertiary/aromatic N) is 2. The first-order valence-corrected chi connectivity index (χ1v) is 10.7. The Hall–Kier alpha value is -3.35. The maximum absolute atomic E-state index is 13.0. The molecule has 3 heterocycles. The molecule has 4 rings (SSSR count). The molecule has 1 atom stereocenters. The topological polar surface area (TPSA) is 87.3 Å². The molecule has 0 unspecified atom stereocenters. The van der Waals surface area contributed by atoms with Crippen LogP contribution < -0.4 is 10.1 Å². The Morgan fingerprint density at radius 3 is 2.77 bits per heavy atom. The lowest BCUT2D eigenvalue weighted by atomic mass is 9.84. The highest BCUT2D eigenvalue weighted by Gasteiger charge is 2.30. The lowest BCUT2D eigenvalue weighted by Gasteiger charge is -2.34. The van der Waals surface area contributed by atoms with Crippen molar-refractivity contribution in [3.8, 4) is 5.75 Å². The molecule has 7 heteroatoms. The first kappa shape index (κ1) is 20.9. The van der Waals surface area contributed by atoms with E-state index in [1.54, 1.807) is 19.5 Å². The van der Waals surface area contributed by atoms with Crippen molar-refractivity contribution in [2.75, 3.05) is 20.2 Å². The van der Waals surface area contributed by atoms with Gasteiger partial charge in [-0.05, 0) is 48.6 Å². The van der Waals surface area contributed by atoms with Gasteiger partial charge in [-0.25, -0.2) is 0 Å². The van der Waals surface area contributed by atoms with E-state index in [2.05, 4.69) is 15.3 Å². The standard InChI is InChI=1S/C24H28N4O3/c1-16(23(29)26-15-17-4-3-9-25-14-17)18-7-10-28(11-8-18)24(30)22-12-19-5-6-20(31-2)13-21(19)27-22/h3-6,9,12-14,16,18,27H,7-8,10-11,15H2,1-2H3,(H,26,29)/t16-/m1/s1. The SMILES string of the molecule is COc1ccc2cc(C(=O)N3CCC([C@@H](C)C(=O)NCc4cccnc4)CC3)[nH]c2c1. The van der Waals surface area contributed by atoms with Crippen LogP contribution in [0.25, 0.3) is 10.9 Å². The normalized spacial score (nSPS) is 15.6. The van der Waals surface area contributed by atoms with Gasteiger partial charge in [0.15, 0.2) is 0 Å². The lowest BCUT2D eigenvalue weighted by Crippen LogP contribution is -2.42. The van der Waals surface area contributed by atoms with Crippen LogP contribution in [0.15, 0.2) is 48.8 Å². The number of rotatable bonds is 6. The predicted octanol–water partition coefficient (Wildman–Crippen LogP) is 3.38. The number of piperidine rings is 1. The smallest absolute Gasteiger partial charge is 0.270 e. The monoisotopic (exact) mass is 420 g/mol. The number of carbonyl (C=O) groups excluding carboxylic acids is 2. The van der Waals surface area contributed by atoms with Gasteiger partial charge >= 0.3 is 0 Å². The summed E-state index contributed by atoms with van der Waals surface area (Å²) in [6, 6.07) is 11.4. The zero-order chi connectivity index (χ0) is 21.8. The van der Waals surface area contributed by atoms with Gasteiger partial charge in [-0.3, -0.25) is 14.6 Å². The summed E-state index contributed by atoms with van der Waals surface area (Å²) in [5, 5.41) is 3.99. The van der Waals surface area contributed by atoms with Crippen LogP contribution in [-0.2, 0) is 11.3 Å². The number of amides is 2. The summed E-state index contributed by atoms with van der Waals surface area (Å²) in [5.74, 6) is 0.991. The fourth-order valence-corrected chi connectivity index (χ4v) is 4.19. The van der Waals surface area contributed by atoms with Crippen molar-refractivity contribution in [3.63, 3.8) is 0 Å². The number of fused-ring (bicyclic) bond motifs is 1. The predicted molar refractivity (Wildman–Crippen MR) is 119 cm³/mol. The number of ether oxygens (including phenoxy) is 1. The second-order valence-electron chi connectivity index (χ2n) is 8.13. The Morgan fingerprint density at radius 1 is 1.26 bits per heavy atom. The van der Waals surface area contributed by atoms with Gasteiger partial charge < -0.3 is 19.9 Å². The van der Waals surface area contributed by atoms with E-state index in [0.29, 0.717) is 25.3 Å². The van der Waals surface area contributed by atoms with Crippen molar-refractivity contribution < 1.29 is 14.3 Å². The van der Waals surface area contributed by atoms with Crippen LogP contribution in [0.5, 0.6) is 5.75 Å². The van der Waals surface area contributed by atoms with E-state index >= 15 is 0 Å². The molecular formula is C24H28N4O3. The van der Waals surface area contributed by atoms with Crippen LogP contribution in [0.2, 0.25) is 0 Å². The highest BCUT2D eigenvalue weighted by atomic mass is 16.5. The summed E-state index contributed by atoms with van der Waals surface area (Å²) in [7, 11) is 1.63. The summed E-state index contributed by atoms with van der Waals surface area (Å²) >= 11 is 0. The molecule has 0 saturated carbocycles. The fourth-order valence-electron chi connectivity index (χ4n) is 4.19. The van der Waals surface area contributed by atoms with Gasteiger partial charge in [0.25, 0.3) is 5.91 Å². The van der Waals surface area contributed by atoms with Gasteiger partial charge in [-0.15, -0.1) is 0 Å². The second kappa shape index (κ2) is 9.20. The van der Waals surface area contributed by atoms with Gasteiger partial charge in [0.05, 0.1) is 7.11 Å². The molecule has 0 radical (unpaired) electrons. The van der Waals surface area contributed by atoms with Crippen LogP contribution in [0.4, 0.5) is 0 Å². The minimum atomic E-state index is -0.0885. The average molecular weight is 421 g/mol. The number of likely N-dealkylation sites (tertiary alicyclic amines) is 1. The molecule has 2 N–H and O–H groups in total. The number of methoxy groups -OCH3 is 1. The number of nitrogens with one attached hydrogen (secondary N) is 2. The van der Waals surface area contributed by atoms with E-state index in [9.17, 15) is 9.59 Å². The third-order valence-electron chi connectivity index (χ3n) is 6.20. The minimum absolute atomic E-state index is 0.00213. The third kappa shape index (κ3) is 4.71. The van der Waals surface area contributed by atoms with Crippen LogP contribution in [-0.4, -0.2) is 46.9 Å². The molecule has 1 saturated heterocycles. The number of pyridine rings is 1. The number of aromatic amines is 1. The van der Waals surface area contributed by atoms with Crippen LogP contribution >= 0.6 is 0 Å². The van der Waals surface area contributed by atoms with Crippen LogP contribution in [0.3, 0.4) is 0 Å². The van der Waals surface area contributed by atoms with Crippen LogP contribution in [0.1, 0.15) is 35.8 Å². The molecule has 1 fully saturated rings. The summed E-state index contributed by atoms with van der Waals surface area (Å²) in [5.41, 5.74) is 2.46. The van der Waals surface area contributed by atoms with E-state index < -0.39 is 0 Å². The molecule has 3 aromatic rings. The zero-order valence-corrected chi connectivity index (χ0v) is 17.9. The van der Waals surface area contributed by atoms with Crippen LogP contribution in [0, 0.1) is 11.8 Å². The highest BCUT2D eigenvalue weighted by Crippen LogP contribution is 2.27. The maximum atomic E-state index is 13.0. The van der Waals surface area contributed by atoms with E-state index in [0.717, 1.165) is 35.1 Å². The van der Waals surface area contributed by atoms with Crippen molar-refractivity contribution in [1.29, 1.82) is 0 Å². The largest absolute Gasteiger partial charge is 0.497 e. The van der Waals surface area contributed by atoms with Crippen molar-refractivity contribution in [1.82, 2.24) is 20.2 Å². The molecule has 1 aromatic carbocycles. The Morgan fingerprint density at radius 2 is 2.06 bits per heavy atom. The summed E-state index contributed by atoms with van der Waals surface area (Å²) in [4.78, 5) is 34.7. The molecule has 0 aliphatic carbocycles. The Labute approximate surface area is 181 Å². The fraction of sp³-hybridized carbons (Fsp3) is 0.375. The van der Waals surface area contributed by atoms with E-state index in [1.807, 2.05) is 48.2 Å². The number of hydrogen-bond acceptors (Lipinski definition) is 4. The van der Waals surface area contributed by atoms with Gasteiger partial charge in [0.2, 0.25) is 5.91 Å². The molecule has 0 spiro atoms. The zero-order valence-electron chi connectivity index (χ0n) is 17.9. The number of hydrogen-bond donors (Lipinski definition) is 2. The van der Waals surface area contributed by atoms with Crippen molar-refractivity contribution in [2.24, 2.45) is 11.8 Å². The van der Waals surface area contributed by atoms with Crippen molar-refractivity contribution in [3.05, 3.63) is 60.0 Å². The number of aromatic nitrogens is 2. The van der Waals surface area contributed by atoms with Crippen molar-refractivity contribution >= 4 is 22.7 Å². The molecule has 2 amide bonds. The maximum Gasteiger partial charge on any atom is 0.270 e. The number of carbonyl (C=O) groups is 2. The molecule has 2 aromatic heterocycles. The molecular weight excluding hydrogens is 392 g/mol. The van der Waals surface area contributed by atoms with Crippen molar-refractivity contribution in [2.45, 2.75) is 26.3 Å². The first-order chi connectivity index (χ1) is 15.0. The Kier molecular flexibility index (Phi) is 6.21. The molecule has 1 aliphatic rings. The first-order valence-electron chi connectivity index (χ1n) is 10.7. The van der Waals surface area contributed by atoms with E-state index in [-0.39, 0.29) is 23.7 Å². The highest BCUT2D eigenvalue weighted by molar-refractivity contribution is 5.98. The number of benzene rings is 1. The molecule has 0 bridgehead atoms. The average Bonchev–Trinajstić information content (AvgIpc) is 3.25. The molecule has 1 aliphatic heterocycles. The molecule has 7 nitrogen and oxygen atoms in total. The lowest BCUT2D eigenvalue weighted by molar-refractivity contribution is -0.126. The summed E-state index contributed by atoms with van der Waals surface area (Å²) < 4.78 is 5.25. The van der Waals surface area contributed by atoms with Gasteiger partial charge in [0.1, 0.15) is 11.4 Å². The van der Waals surface area contributed by atoms with Gasteiger partial charge in [0, 0.05) is 54.9 Å². The second-order valence-corrected chi connectivity index (χ2v) is 8.13. The van der Waals surface area contributed by atoms with E-state index in [4.69, 9.17) is 4.74 Å². The third-order valence-corrected chi connectivity index (χ3v) is 6.20. The van der Waals surface area contributed by atoms with Gasteiger partial charge in [-0.1, -0.05) is 13.0 Å². The molecule has 31 heavy (non-hydrogen) atoms. The summed E-state index contributed by atoms with van der Waals surface area (Å²) in [6.45, 7) is 3.77. The Balaban J connectivity index is 1.31. The number of H-pyrrole nitrogens is 1. The molecule has 162 valence electrons. The summed E-state index contributed by atoms with van der Waals surface area (Å²) in [6.07, 6.45) is 5.12. The van der Waals surface area contributed by atoms with E-state index in [1.165, 1.54) is 0 Å². The quantitative estimate of drug-likeness (QED) is 0.640. The van der Waals surface area contributed by atoms with Gasteiger partial charge in [-0.2, -0.15) is 0 Å².